The second kappa shape index (κ2) is 9.80. The molecule has 2 amide bonds. The van der Waals surface area contributed by atoms with E-state index in [2.05, 4.69) is 15.2 Å². The van der Waals surface area contributed by atoms with Crippen molar-refractivity contribution in [2.75, 3.05) is 38.1 Å². The fourth-order valence-electron chi connectivity index (χ4n) is 4.26. The van der Waals surface area contributed by atoms with Crippen LogP contribution in [-0.4, -0.2) is 70.5 Å². The van der Waals surface area contributed by atoms with Gasteiger partial charge in [0.2, 0.25) is 11.8 Å². The van der Waals surface area contributed by atoms with Gasteiger partial charge in [-0.1, -0.05) is 0 Å². The lowest BCUT2D eigenvalue weighted by molar-refractivity contribution is -0.142. The number of aromatic nitrogens is 1. The number of piperidine rings is 2. The van der Waals surface area contributed by atoms with Gasteiger partial charge in [-0.05, 0) is 58.9 Å². The Morgan fingerprint density at radius 3 is 2.75 bits per heavy atom. The van der Waals surface area contributed by atoms with Crippen LogP contribution in [0.25, 0.3) is 0 Å². The first-order chi connectivity index (χ1) is 13.5. The first-order valence-corrected chi connectivity index (χ1v) is 11.2. The number of aryl methyl sites for hydroxylation is 2. The Morgan fingerprint density at radius 1 is 1.21 bits per heavy atom. The minimum Gasteiger partial charge on any atom is -0.396 e. The van der Waals surface area contributed by atoms with Crippen LogP contribution in [0, 0.1) is 19.8 Å². The number of nitrogens with one attached hydrogen (secondary N) is 1. The molecule has 8 heteroatoms. The van der Waals surface area contributed by atoms with Gasteiger partial charge in [-0.25, -0.2) is 4.98 Å². The van der Waals surface area contributed by atoms with Crippen molar-refractivity contribution in [3.8, 4) is 0 Å². The molecule has 0 bridgehead atoms. The molecule has 2 aliphatic heterocycles. The SMILES string of the molecule is Cc1nc(NC(=O)CN2CCCC(C(=O)N3CCCCC3CCO)C2)sc1C. The van der Waals surface area contributed by atoms with E-state index in [9.17, 15) is 14.7 Å². The quantitative estimate of drug-likeness (QED) is 0.753. The molecule has 2 fully saturated rings. The Labute approximate surface area is 171 Å². The number of amides is 2. The van der Waals surface area contributed by atoms with Crippen molar-refractivity contribution in [1.29, 1.82) is 0 Å². The van der Waals surface area contributed by atoms with Gasteiger partial charge >= 0.3 is 0 Å². The highest BCUT2D eigenvalue weighted by molar-refractivity contribution is 7.15. The van der Waals surface area contributed by atoms with Gasteiger partial charge in [0.1, 0.15) is 0 Å². The van der Waals surface area contributed by atoms with E-state index in [0.717, 1.165) is 55.8 Å². The lowest BCUT2D eigenvalue weighted by Crippen LogP contribution is -2.51. The van der Waals surface area contributed by atoms with E-state index in [1.165, 1.54) is 11.3 Å². The van der Waals surface area contributed by atoms with E-state index < -0.39 is 0 Å². The first-order valence-electron chi connectivity index (χ1n) is 10.4. The van der Waals surface area contributed by atoms with E-state index in [1.54, 1.807) is 0 Å². The molecule has 0 radical (unpaired) electrons. The van der Waals surface area contributed by atoms with Gasteiger partial charge in [-0.2, -0.15) is 0 Å². The van der Waals surface area contributed by atoms with Crippen LogP contribution in [0.5, 0.6) is 0 Å². The van der Waals surface area contributed by atoms with Gasteiger partial charge < -0.3 is 15.3 Å². The van der Waals surface area contributed by atoms with Gasteiger partial charge in [0.15, 0.2) is 5.13 Å². The third kappa shape index (κ3) is 5.30. The van der Waals surface area contributed by atoms with Crippen molar-refractivity contribution < 1.29 is 14.7 Å². The molecule has 2 unspecified atom stereocenters. The standard InChI is InChI=1S/C20H32N4O3S/c1-14-15(2)28-20(21-14)22-18(26)13-23-9-5-6-16(12-23)19(27)24-10-4-3-7-17(24)8-11-25/h16-17,25H,3-13H2,1-2H3,(H,21,22,26). The van der Waals surface area contributed by atoms with Gasteiger partial charge in [-0.15, -0.1) is 11.3 Å². The zero-order valence-electron chi connectivity index (χ0n) is 16.9. The third-order valence-corrected chi connectivity index (χ3v) is 6.86. The number of thiazole rings is 1. The van der Waals surface area contributed by atoms with Crippen molar-refractivity contribution >= 4 is 28.3 Å². The van der Waals surface area contributed by atoms with Gasteiger partial charge in [-0.3, -0.25) is 14.5 Å². The van der Waals surface area contributed by atoms with Crippen molar-refractivity contribution in [3.63, 3.8) is 0 Å². The number of carbonyl (C=O) groups is 2. The maximum Gasteiger partial charge on any atom is 0.240 e. The molecule has 3 heterocycles. The van der Waals surface area contributed by atoms with Crippen LogP contribution in [-0.2, 0) is 9.59 Å². The van der Waals surface area contributed by atoms with Crippen LogP contribution in [0.2, 0.25) is 0 Å². The van der Waals surface area contributed by atoms with Crippen molar-refractivity contribution in [3.05, 3.63) is 10.6 Å². The summed E-state index contributed by atoms with van der Waals surface area (Å²) in [6, 6.07) is 0.168. The normalized spacial score (nSPS) is 23.6. The summed E-state index contributed by atoms with van der Waals surface area (Å²) in [5, 5.41) is 12.8. The van der Waals surface area contributed by atoms with Crippen LogP contribution in [0.4, 0.5) is 5.13 Å². The highest BCUT2D eigenvalue weighted by Crippen LogP contribution is 2.26. The average molecular weight is 409 g/mol. The van der Waals surface area contributed by atoms with Crippen LogP contribution < -0.4 is 5.32 Å². The van der Waals surface area contributed by atoms with Gasteiger partial charge in [0.25, 0.3) is 0 Å². The largest absolute Gasteiger partial charge is 0.396 e. The summed E-state index contributed by atoms with van der Waals surface area (Å²) in [5.41, 5.74) is 0.947. The predicted octanol–water partition coefficient (Wildman–Crippen LogP) is 2.17. The number of anilines is 1. The molecule has 2 aliphatic rings. The Balaban J connectivity index is 1.54. The Hall–Kier alpha value is -1.51. The molecule has 0 aromatic carbocycles. The van der Waals surface area contributed by atoms with Crippen molar-refractivity contribution in [1.82, 2.24) is 14.8 Å². The Kier molecular flexibility index (Phi) is 7.42. The highest BCUT2D eigenvalue weighted by Gasteiger charge is 2.34. The number of hydrogen-bond donors (Lipinski definition) is 2. The second-order valence-electron chi connectivity index (χ2n) is 7.98. The molecule has 2 N–H and O–H groups in total. The lowest BCUT2D eigenvalue weighted by Gasteiger charge is -2.40. The second-order valence-corrected chi connectivity index (χ2v) is 9.18. The molecule has 2 saturated heterocycles. The number of aliphatic hydroxyl groups excluding tert-OH is 1. The van der Waals surface area contributed by atoms with E-state index in [-0.39, 0.29) is 30.4 Å². The third-order valence-electron chi connectivity index (χ3n) is 5.87. The predicted molar refractivity (Wildman–Crippen MR) is 110 cm³/mol. The molecule has 3 rings (SSSR count). The van der Waals surface area contributed by atoms with E-state index in [0.29, 0.717) is 24.6 Å². The van der Waals surface area contributed by atoms with Gasteiger partial charge in [0.05, 0.1) is 18.2 Å². The molecule has 0 saturated carbocycles. The topological polar surface area (TPSA) is 85.8 Å². The molecule has 7 nitrogen and oxygen atoms in total. The summed E-state index contributed by atoms with van der Waals surface area (Å²) in [6.07, 6.45) is 5.62. The summed E-state index contributed by atoms with van der Waals surface area (Å²) in [7, 11) is 0. The average Bonchev–Trinajstić information content (AvgIpc) is 2.99. The van der Waals surface area contributed by atoms with Crippen LogP contribution >= 0.6 is 11.3 Å². The summed E-state index contributed by atoms with van der Waals surface area (Å²) in [6.45, 7) is 6.62. The lowest BCUT2D eigenvalue weighted by atomic mass is 9.92. The van der Waals surface area contributed by atoms with Crippen LogP contribution in [0.3, 0.4) is 0 Å². The maximum absolute atomic E-state index is 13.1. The Bertz CT molecular complexity index is 671. The fourth-order valence-corrected chi connectivity index (χ4v) is 5.09. The summed E-state index contributed by atoms with van der Waals surface area (Å²) in [5.74, 6) is 0.0811. The molecule has 156 valence electrons. The highest BCUT2D eigenvalue weighted by atomic mass is 32.1. The number of aliphatic hydroxyl groups is 1. The zero-order chi connectivity index (χ0) is 20.1. The van der Waals surface area contributed by atoms with Crippen LogP contribution in [0.1, 0.15) is 49.1 Å². The minimum atomic E-state index is -0.0713. The molecule has 0 spiro atoms. The van der Waals surface area contributed by atoms with E-state index in [4.69, 9.17) is 0 Å². The number of nitrogens with zero attached hydrogens (tertiary/aromatic N) is 3. The van der Waals surface area contributed by atoms with E-state index >= 15 is 0 Å². The molecular weight excluding hydrogens is 376 g/mol. The molecule has 1 aromatic heterocycles. The van der Waals surface area contributed by atoms with E-state index in [1.807, 2.05) is 18.7 Å². The molecular formula is C20H32N4O3S. The summed E-state index contributed by atoms with van der Waals surface area (Å²) >= 11 is 1.49. The molecule has 1 aromatic rings. The Morgan fingerprint density at radius 2 is 2.04 bits per heavy atom. The number of likely N-dealkylation sites (tertiary alicyclic amines) is 2. The minimum absolute atomic E-state index is 0.0507. The fraction of sp³-hybridized carbons (Fsp3) is 0.750. The zero-order valence-corrected chi connectivity index (χ0v) is 17.8. The summed E-state index contributed by atoms with van der Waals surface area (Å²) < 4.78 is 0. The number of carbonyl (C=O) groups excluding carboxylic acids is 2. The summed E-state index contributed by atoms with van der Waals surface area (Å²) in [4.78, 5) is 35.1. The smallest absolute Gasteiger partial charge is 0.240 e. The molecule has 28 heavy (non-hydrogen) atoms. The van der Waals surface area contributed by atoms with Crippen LogP contribution in [0.15, 0.2) is 0 Å². The molecule has 2 atom stereocenters. The maximum atomic E-state index is 13.1. The van der Waals surface area contributed by atoms with Crippen molar-refractivity contribution in [2.24, 2.45) is 5.92 Å². The number of rotatable bonds is 6. The first kappa shape index (κ1) is 21.2. The van der Waals surface area contributed by atoms with Crippen molar-refractivity contribution in [2.45, 2.75) is 58.4 Å². The molecule has 0 aliphatic carbocycles. The number of hydrogen-bond acceptors (Lipinski definition) is 6. The monoisotopic (exact) mass is 408 g/mol. The van der Waals surface area contributed by atoms with Gasteiger partial charge in [0, 0.05) is 30.6 Å².